The Balaban J connectivity index is 2.55. The van der Waals surface area contributed by atoms with Crippen molar-refractivity contribution in [3.63, 3.8) is 0 Å². The minimum atomic E-state index is -1.22. The first-order chi connectivity index (χ1) is 6.31. The zero-order valence-corrected chi connectivity index (χ0v) is 7.00. The van der Waals surface area contributed by atoms with Crippen molar-refractivity contribution in [2.75, 3.05) is 0 Å². The van der Waals surface area contributed by atoms with Crippen molar-refractivity contribution in [1.29, 1.82) is 0 Å². The minimum Gasteiger partial charge on any atom is -0.339 e. The summed E-state index contributed by atoms with van der Waals surface area (Å²) in [5, 5.41) is 0. The number of para-hydroxylation sites is 2. The highest BCUT2D eigenvalue weighted by atomic mass is 19.1. The third-order valence-electron chi connectivity index (χ3n) is 1.88. The van der Waals surface area contributed by atoms with E-state index in [0.717, 1.165) is 11.0 Å². The van der Waals surface area contributed by atoms with Crippen LogP contribution in [-0.4, -0.2) is 9.97 Å². The van der Waals surface area contributed by atoms with Crippen LogP contribution in [0.15, 0.2) is 36.9 Å². The predicted octanol–water partition coefficient (Wildman–Crippen LogP) is 2.76. The highest BCUT2D eigenvalue weighted by molar-refractivity contribution is 5.74. The van der Waals surface area contributed by atoms with Crippen molar-refractivity contribution < 1.29 is 4.39 Å². The molecule has 3 heteroatoms. The fraction of sp³-hybridized carbons (Fsp3) is 0.100. The first kappa shape index (κ1) is 7.98. The van der Waals surface area contributed by atoms with Crippen LogP contribution in [-0.2, 0) is 0 Å². The second kappa shape index (κ2) is 3.01. The van der Waals surface area contributed by atoms with Gasteiger partial charge in [-0.25, -0.2) is 9.37 Å². The number of nitrogens with one attached hydrogen (secondary N) is 1. The molecule has 0 aliphatic carbocycles. The number of nitrogens with zero attached hydrogens (tertiary/aromatic N) is 1. The molecule has 0 aliphatic rings. The van der Waals surface area contributed by atoms with Crippen molar-refractivity contribution >= 4 is 11.0 Å². The quantitative estimate of drug-likeness (QED) is 0.700. The largest absolute Gasteiger partial charge is 0.339 e. The molecule has 2 aromatic rings. The topological polar surface area (TPSA) is 28.7 Å². The number of imidazole rings is 1. The van der Waals surface area contributed by atoms with Crippen LogP contribution in [0.4, 0.5) is 4.39 Å². The van der Waals surface area contributed by atoms with Crippen LogP contribution in [0.25, 0.3) is 11.0 Å². The van der Waals surface area contributed by atoms with E-state index in [0.29, 0.717) is 5.82 Å². The molecule has 13 heavy (non-hydrogen) atoms. The van der Waals surface area contributed by atoms with Crippen molar-refractivity contribution in [2.45, 2.75) is 6.17 Å². The molecule has 2 rings (SSSR count). The molecule has 66 valence electrons. The Morgan fingerprint density at radius 2 is 2.23 bits per heavy atom. The molecule has 0 amide bonds. The van der Waals surface area contributed by atoms with Crippen LogP contribution in [0.5, 0.6) is 0 Å². The van der Waals surface area contributed by atoms with Gasteiger partial charge >= 0.3 is 0 Å². The van der Waals surface area contributed by atoms with Gasteiger partial charge in [-0.15, -0.1) is 0 Å². The predicted molar refractivity (Wildman–Crippen MR) is 50.1 cm³/mol. The lowest BCUT2D eigenvalue weighted by Crippen LogP contribution is -1.88. The summed E-state index contributed by atoms with van der Waals surface area (Å²) in [6, 6.07) is 7.45. The molecule has 1 heterocycles. The first-order valence-corrected chi connectivity index (χ1v) is 4.02. The lowest BCUT2D eigenvalue weighted by Gasteiger charge is -1.93. The minimum absolute atomic E-state index is 0.316. The Labute approximate surface area is 75.1 Å². The van der Waals surface area contributed by atoms with E-state index in [1.807, 2.05) is 24.3 Å². The van der Waals surface area contributed by atoms with Gasteiger partial charge in [0.05, 0.1) is 11.0 Å². The Morgan fingerprint density at radius 1 is 1.46 bits per heavy atom. The summed E-state index contributed by atoms with van der Waals surface area (Å²) in [6.07, 6.45) is 0.00458. The zero-order valence-electron chi connectivity index (χ0n) is 7.00. The van der Waals surface area contributed by atoms with Gasteiger partial charge in [0.25, 0.3) is 0 Å². The van der Waals surface area contributed by atoms with Gasteiger partial charge in [0, 0.05) is 0 Å². The number of aromatic nitrogens is 2. The van der Waals surface area contributed by atoms with E-state index >= 15 is 0 Å². The molecule has 1 aromatic heterocycles. The normalized spacial score (nSPS) is 13.0. The molecule has 2 nitrogen and oxygen atoms in total. The average Bonchev–Trinajstić information content (AvgIpc) is 2.59. The summed E-state index contributed by atoms with van der Waals surface area (Å²) in [5.74, 6) is 0.316. The maximum absolute atomic E-state index is 13.1. The number of H-pyrrole nitrogens is 1. The second-order valence-electron chi connectivity index (χ2n) is 2.78. The van der Waals surface area contributed by atoms with Crippen molar-refractivity contribution in [3.05, 3.63) is 42.7 Å². The van der Waals surface area contributed by atoms with Crippen LogP contribution >= 0.6 is 0 Å². The van der Waals surface area contributed by atoms with Gasteiger partial charge in [0.15, 0.2) is 6.17 Å². The average molecular weight is 176 g/mol. The highest BCUT2D eigenvalue weighted by Gasteiger charge is 2.09. The van der Waals surface area contributed by atoms with E-state index in [1.165, 1.54) is 6.08 Å². The monoisotopic (exact) mass is 176 g/mol. The van der Waals surface area contributed by atoms with Gasteiger partial charge in [0.2, 0.25) is 0 Å². The number of halogens is 1. The summed E-state index contributed by atoms with van der Waals surface area (Å²) < 4.78 is 13.1. The van der Waals surface area contributed by atoms with Crippen LogP contribution in [0.3, 0.4) is 0 Å². The molecule has 0 saturated heterocycles. The van der Waals surface area contributed by atoms with Gasteiger partial charge in [-0.3, -0.25) is 0 Å². The smallest absolute Gasteiger partial charge is 0.175 e. The Morgan fingerprint density at radius 3 is 2.92 bits per heavy atom. The highest BCUT2D eigenvalue weighted by Crippen LogP contribution is 2.18. The molecule has 1 atom stereocenters. The van der Waals surface area contributed by atoms with Gasteiger partial charge in [0.1, 0.15) is 5.82 Å². The van der Waals surface area contributed by atoms with E-state index in [4.69, 9.17) is 0 Å². The van der Waals surface area contributed by atoms with Crippen molar-refractivity contribution in [2.24, 2.45) is 0 Å². The molecule has 1 N–H and O–H groups in total. The molecule has 0 spiro atoms. The lowest BCUT2D eigenvalue weighted by molar-refractivity contribution is 0.400. The van der Waals surface area contributed by atoms with Gasteiger partial charge in [-0.2, -0.15) is 0 Å². The first-order valence-electron chi connectivity index (χ1n) is 4.02. The van der Waals surface area contributed by atoms with Gasteiger partial charge in [-0.1, -0.05) is 24.8 Å². The third kappa shape index (κ3) is 1.33. The molecule has 0 radical (unpaired) electrons. The van der Waals surface area contributed by atoms with Gasteiger partial charge in [-0.05, 0) is 12.1 Å². The number of hydrogen-bond acceptors (Lipinski definition) is 1. The fourth-order valence-corrected chi connectivity index (χ4v) is 1.21. The lowest BCUT2D eigenvalue weighted by atomic mass is 10.3. The molecule has 1 unspecified atom stereocenters. The van der Waals surface area contributed by atoms with Crippen molar-refractivity contribution in [3.8, 4) is 0 Å². The van der Waals surface area contributed by atoms with E-state index in [9.17, 15) is 4.39 Å². The molecule has 0 aliphatic heterocycles. The number of aromatic amines is 1. The number of allylic oxidation sites excluding steroid dienone is 1. The molecule has 0 bridgehead atoms. The summed E-state index contributed by atoms with van der Waals surface area (Å²) >= 11 is 0. The maximum Gasteiger partial charge on any atom is 0.175 e. The number of rotatable bonds is 2. The summed E-state index contributed by atoms with van der Waals surface area (Å²) in [5.41, 5.74) is 1.63. The number of alkyl halides is 1. The maximum atomic E-state index is 13.1. The summed E-state index contributed by atoms with van der Waals surface area (Å²) in [4.78, 5) is 6.97. The Bertz CT molecular complexity index is 400. The number of fused-ring (bicyclic) bond motifs is 1. The van der Waals surface area contributed by atoms with Crippen LogP contribution in [0.1, 0.15) is 12.0 Å². The van der Waals surface area contributed by atoms with Crippen LogP contribution in [0, 0.1) is 0 Å². The van der Waals surface area contributed by atoms with Gasteiger partial charge < -0.3 is 4.98 Å². The van der Waals surface area contributed by atoms with Crippen LogP contribution < -0.4 is 0 Å². The van der Waals surface area contributed by atoms with Crippen LogP contribution in [0.2, 0.25) is 0 Å². The molecular formula is C10H9FN2. The molecule has 1 aromatic carbocycles. The van der Waals surface area contributed by atoms with E-state index < -0.39 is 6.17 Å². The number of hydrogen-bond donors (Lipinski definition) is 1. The summed E-state index contributed by atoms with van der Waals surface area (Å²) in [6.45, 7) is 3.37. The second-order valence-corrected chi connectivity index (χ2v) is 2.78. The van der Waals surface area contributed by atoms with E-state index in [2.05, 4.69) is 16.5 Å². The van der Waals surface area contributed by atoms with E-state index in [1.54, 1.807) is 0 Å². The zero-order chi connectivity index (χ0) is 9.26. The standard InChI is InChI=1S/C10H9FN2/c1-2-7(11)10-12-8-5-3-4-6-9(8)13-10/h2-7H,1H2,(H,12,13). The third-order valence-corrected chi connectivity index (χ3v) is 1.88. The molecular weight excluding hydrogens is 167 g/mol. The fourth-order valence-electron chi connectivity index (χ4n) is 1.21. The molecule has 0 saturated carbocycles. The summed E-state index contributed by atoms with van der Waals surface area (Å²) in [7, 11) is 0. The SMILES string of the molecule is C=CC(F)c1nc2ccccc2[nH]1. The Hall–Kier alpha value is -1.64. The van der Waals surface area contributed by atoms with E-state index in [-0.39, 0.29) is 0 Å². The Kier molecular flexibility index (Phi) is 1.85. The van der Waals surface area contributed by atoms with Crippen molar-refractivity contribution in [1.82, 2.24) is 9.97 Å². The molecule has 0 fully saturated rings. The number of benzene rings is 1.